The molecule has 0 aliphatic rings. The molecule has 1 atom stereocenters. The molecule has 4 nitrogen and oxygen atoms in total. The summed E-state index contributed by atoms with van der Waals surface area (Å²) in [5.41, 5.74) is 0. The molecule has 0 aromatic carbocycles. The molecule has 0 saturated heterocycles. The van der Waals surface area contributed by atoms with E-state index in [4.69, 9.17) is 0 Å². The van der Waals surface area contributed by atoms with Gasteiger partial charge in [-0.2, -0.15) is 0 Å². The van der Waals surface area contributed by atoms with Crippen LogP contribution in [0.4, 0.5) is 0 Å². The summed E-state index contributed by atoms with van der Waals surface area (Å²) in [4.78, 5) is 24.6. The number of aliphatic hydroxyl groups excluding tert-OH is 1. The number of carbonyl (C=O) groups is 2. The zero-order valence-corrected chi connectivity index (χ0v) is 44.2. The first-order chi connectivity index (χ1) is 31.6. The van der Waals surface area contributed by atoms with E-state index in [9.17, 15) is 14.7 Å². The highest BCUT2D eigenvalue weighted by atomic mass is 16.3. The highest BCUT2D eigenvalue weighted by Crippen LogP contribution is 2.19. The van der Waals surface area contributed by atoms with E-state index in [2.05, 4.69) is 19.2 Å². The maximum atomic E-state index is 12.4. The van der Waals surface area contributed by atoms with Gasteiger partial charge in [0.05, 0.1) is 12.6 Å². The summed E-state index contributed by atoms with van der Waals surface area (Å²) in [6.07, 6.45) is 71.0. The topological polar surface area (TPSA) is 66.4 Å². The average Bonchev–Trinajstić information content (AvgIpc) is 3.30. The van der Waals surface area contributed by atoms with Crippen LogP contribution in [0.25, 0.3) is 0 Å². The van der Waals surface area contributed by atoms with Crippen molar-refractivity contribution in [3.63, 3.8) is 0 Å². The van der Waals surface area contributed by atoms with Crippen LogP contribution < -0.4 is 5.32 Å². The number of amides is 1. The number of rotatable bonds is 57. The fourth-order valence-corrected chi connectivity index (χ4v) is 9.88. The lowest BCUT2D eigenvalue weighted by molar-refractivity contribution is -0.122. The molecule has 1 amide bonds. The maximum absolute atomic E-state index is 12.4. The summed E-state index contributed by atoms with van der Waals surface area (Å²) in [5, 5.41) is 12.9. The van der Waals surface area contributed by atoms with Crippen LogP contribution in [-0.4, -0.2) is 29.4 Å². The minimum absolute atomic E-state index is 0.0583. The Morgan fingerprint density at radius 2 is 0.500 bits per heavy atom. The summed E-state index contributed by atoms with van der Waals surface area (Å²) in [7, 11) is 0. The molecule has 0 bridgehead atoms. The predicted octanol–water partition coefficient (Wildman–Crippen LogP) is 20.1. The summed E-state index contributed by atoms with van der Waals surface area (Å²) in [6, 6.07) is -0.0583. The fourth-order valence-electron chi connectivity index (χ4n) is 9.88. The van der Waals surface area contributed by atoms with Crippen molar-refractivity contribution < 1.29 is 14.7 Å². The second-order valence-corrected chi connectivity index (χ2v) is 21.0. The Kier molecular flexibility index (Phi) is 55.6. The number of hydrogen-bond acceptors (Lipinski definition) is 3. The minimum atomic E-state index is -0.0583. The number of hydrogen-bond donors (Lipinski definition) is 2. The fraction of sp³-hybridized carbons (Fsp3) is 0.967. The van der Waals surface area contributed by atoms with Crippen LogP contribution in [0.3, 0.4) is 0 Å². The highest BCUT2D eigenvalue weighted by molar-refractivity contribution is 5.78. The molecule has 1 unspecified atom stereocenters. The van der Waals surface area contributed by atoms with Crippen LogP contribution >= 0.6 is 0 Å². The first kappa shape index (κ1) is 63.1. The van der Waals surface area contributed by atoms with Gasteiger partial charge < -0.3 is 10.4 Å². The number of aliphatic hydroxyl groups is 1. The van der Waals surface area contributed by atoms with Crippen molar-refractivity contribution in [1.82, 2.24) is 5.32 Å². The van der Waals surface area contributed by atoms with Crippen molar-refractivity contribution in [2.75, 3.05) is 6.61 Å². The zero-order valence-electron chi connectivity index (χ0n) is 44.2. The zero-order chi connectivity index (χ0) is 46.3. The number of carbonyl (C=O) groups excluding carboxylic acids is 2. The van der Waals surface area contributed by atoms with E-state index in [1.807, 2.05) is 0 Å². The van der Waals surface area contributed by atoms with Gasteiger partial charge in [0.25, 0.3) is 0 Å². The largest absolute Gasteiger partial charge is 0.394 e. The first-order valence-electron chi connectivity index (χ1n) is 30.1. The molecule has 0 heterocycles. The number of ketones is 1. The predicted molar refractivity (Wildman–Crippen MR) is 285 cm³/mol. The molecule has 2 N–H and O–H groups in total. The molecule has 0 spiro atoms. The van der Waals surface area contributed by atoms with E-state index in [1.165, 1.54) is 289 Å². The van der Waals surface area contributed by atoms with E-state index in [0.717, 1.165) is 51.4 Å². The Balaban J connectivity index is 3.28. The summed E-state index contributed by atoms with van der Waals surface area (Å²) in [6.45, 7) is 4.63. The van der Waals surface area contributed by atoms with Crippen LogP contribution in [0.5, 0.6) is 0 Å². The third-order valence-electron chi connectivity index (χ3n) is 14.4. The molecule has 0 radical (unpaired) electrons. The lowest BCUT2D eigenvalue weighted by atomic mass is 10.0. The molecule has 64 heavy (non-hydrogen) atoms. The molecular formula is C60H119NO3. The third kappa shape index (κ3) is 53.7. The Hall–Kier alpha value is -0.900. The molecular weight excluding hydrogens is 783 g/mol. The van der Waals surface area contributed by atoms with Crippen molar-refractivity contribution in [2.45, 2.75) is 367 Å². The van der Waals surface area contributed by atoms with Crippen LogP contribution in [-0.2, 0) is 9.59 Å². The second kappa shape index (κ2) is 56.4. The number of unbranched alkanes of at least 4 members (excludes halogenated alkanes) is 47. The number of nitrogens with one attached hydrogen (secondary N) is 1. The van der Waals surface area contributed by atoms with Crippen molar-refractivity contribution in [3.8, 4) is 0 Å². The molecule has 4 heteroatoms. The summed E-state index contributed by atoms with van der Waals surface area (Å²) >= 11 is 0. The van der Waals surface area contributed by atoms with E-state index in [1.54, 1.807) is 0 Å². The minimum Gasteiger partial charge on any atom is -0.394 e. The molecule has 0 fully saturated rings. The van der Waals surface area contributed by atoms with Crippen LogP contribution in [0.2, 0.25) is 0 Å². The van der Waals surface area contributed by atoms with Crippen molar-refractivity contribution in [3.05, 3.63) is 0 Å². The van der Waals surface area contributed by atoms with Gasteiger partial charge in [-0.15, -0.1) is 0 Å². The van der Waals surface area contributed by atoms with Crippen molar-refractivity contribution >= 4 is 11.7 Å². The Morgan fingerprint density at radius 3 is 0.734 bits per heavy atom. The smallest absolute Gasteiger partial charge is 0.220 e. The third-order valence-corrected chi connectivity index (χ3v) is 14.4. The molecule has 0 aromatic rings. The summed E-state index contributed by atoms with van der Waals surface area (Å²) < 4.78 is 0. The molecule has 0 rings (SSSR count). The lowest BCUT2D eigenvalue weighted by Crippen LogP contribution is -2.37. The Labute approximate surface area is 403 Å². The maximum Gasteiger partial charge on any atom is 0.220 e. The van der Waals surface area contributed by atoms with Gasteiger partial charge in [0.1, 0.15) is 5.78 Å². The molecule has 382 valence electrons. The van der Waals surface area contributed by atoms with E-state index in [0.29, 0.717) is 12.2 Å². The van der Waals surface area contributed by atoms with Crippen LogP contribution in [0.15, 0.2) is 0 Å². The Bertz CT molecular complexity index is 890. The monoisotopic (exact) mass is 902 g/mol. The molecule has 0 aliphatic heterocycles. The van der Waals surface area contributed by atoms with Gasteiger partial charge in [0.2, 0.25) is 5.91 Å². The standard InChI is InChI=1S/C60H119NO3/c1-3-5-7-9-11-13-14-15-31-34-38-41-45-49-53-58(57-62)61-60(64)56-52-48-44-40-36-33-30-28-26-24-22-20-18-16-17-19-21-23-25-27-29-32-35-39-43-47-51-55-59(63)54-50-46-42-37-12-10-8-6-4-2/h58,62H,3-57H2,1-2H3,(H,61,64). The summed E-state index contributed by atoms with van der Waals surface area (Å²) in [5.74, 6) is 0.653. The molecule has 0 aliphatic carbocycles. The quantitative estimate of drug-likeness (QED) is 0.0598. The normalized spacial score (nSPS) is 12.0. The molecule has 0 aromatic heterocycles. The van der Waals surface area contributed by atoms with Crippen molar-refractivity contribution in [2.24, 2.45) is 0 Å². The Morgan fingerprint density at radius 1 is 0.297 bits per heavy atom. The average molecular weight is 903 g/mol. The molecule has 0 saturated carbocycles. The van der Waals surface area contributed by atoms with Gasteiger partial charge in [-0.1, -0.05) is 316 Å². The van der Waals surface area contributed by atoms with E-state index < -0.39 is 0 Å². The first-order valence-corrected chi connectivity index (χ1v) is 30.1. The van der Waals surface area contributed by atoms with Crippen molar-refractivity contribution in [1.29, 1.82) is 0 Å². The number of Topliss-reactive ketones (excluding diaryl/α,β-unsaturated/α-hetero) is 1. The van der Waals surface area contributed by atoms with Gasteiger partial charge in [0.15, 0.2) is 0 Å². The van der Waals surface area contributed by atoms with Crippen LogP contribution in [0, 0.1) is 0 Å². The van der Waals surface area contributed by atoms with Gasteiger partial charge in [0, 0.05) is 19.3 Å². The van der Waals surface area contributed by atoms with Gasteiger partial charge in [-0.25, -0.2) is 0 Å². The lowest BCUT2D eigenvalue weighted by Gasteiger charge is -2.16. The van der Waals surface area contributed by atoms with E-state index in [-0.39, 0.29) is 18.6 Å². The second-order valence-electron chi connectivity index (χ2n) is 21.0. The van der Waals surface area contributed by atoms with Gasteiger partial charge in [-0.3, -0.25) is 9.59 Å². The van der Waals surface area contributed by atoms with Gasteiger partial charge >= 0.3 is 0 Å². The highest BCUT2D eigenvalue weighted by Gasteiger charge is 2.11. The van der Waals surface area contributed by atoms with Crippen LogP contribution in [0.1, 0.15) is 361 Å². The van der Waals surface area contributed by atoms with E-state index >= 15 is 0 Å². The SMILES string of the molecule is CCCCCCCCCCCCCCCCC(CO)NC(=O)CCCCCCCCCCCCCCCCCCCCCCCCCCCCCC(=O)CCCCCCCCCCC. The van der Waals surface area contributed by atoms with Gasteiger partial charge in [-0.05, 0) is 25.7 Å².